The maximum atomic E-state index is 12.2. The van der Waals surface area contributed by atoms with E-state index in [1.165, 1.54) is 16.0 Å². The molecule has 0 radical (unpaired) electrons. The SMILES string of the molecule is COc1cccc(-c2cccc(C3CC3[C@]3(C)CC(=O)N(C)C(N)=N3)c2)c1.O=C(O)C(F)(F)F. The predicted octanol–water partition coefficient (Wildman–Crippen LogP) is 4.03. The normalized spacial score (nSPS) is 24.0. The Kier molecular flexibility index (Phi) is 6.90. The van der Waals surface area contributed by atoms with Crippen LogP contribution in [0.2, 0.25) is 0 Å². The lowest BCUT2D eigenvalue weighted by atomic mass is 9.87. The van der Waals surface area contributed by atoms with Gasteiger partial charge in [-0.2, -0.15) is 13.2 Å². The van der Waals surface area contributed by atoms with Crippen LogP contribution in [-0.4, -0.2) is 53.7 Å². The number of amides is 1. The number of carbonyl (C=O) groups is 2. The summed E-state index contributed by atoms with van der Waals surface area (Å²) in [6, 6.07) is 16.7. The lowest BCUT2D eigenvalue weighted by Gasteiger charge is -2.33. The fraction of sp³-hybridized carbons (Fsp3) is 0.375. The lowest BCUT2D eigenvalue weighted by molar-refractivity contribution is -0.192. The van der Waals surface area contributed by atoms with Gasteiger partial charge in [0.2, 0.25) is 5.91 Å². The molecule has 2 aromatic rings. The highest BCUT2D eigenvalue weighted by Crippen LogP contribution is 2.56. The van der Waals surface area contributed by atoms with Crippen LogP contribution in [0, 0.1) is 5.92 Å². The Hall–Kier alpha value is -3.56. The molecule has 2 aliphatic rings. The highest BCUT2D eigenvalue weighted by atomic mass is 19.4. The second-order valence-electron chi connectivity index (χ2n) is 8.57. The van der Waals surface area contributed by atoms with E-state index in [1.807, 2.05) is 18.2 Å². The summed E-state index contributed by atoms with van der Waals surface area (Å²) in [5.74, 6) is -0.787. The van der Waals surface area contributed by atoms with E-state index in [0.717, 1.165) is 17.7 Å². The number of hydrogen-bond acceptors (Lipinski definition) is 5. The highest BCUT2D eigenvalue weighted by Gasteiger charge is 2.53. The molecule has 2 unspecified atom stereocenters. The van der Waals surface area contributed by atoms with Crippen LogP contribution < -0.4 is 10.5 Å². The Morgan fingerprint density at radius 3 is 2.35 bits per heavy atom. The zero-order chi connectivity index (χ0) is 25.3. The summed E-state index contributed by atoms with van der Waals surface area (Å²) < 4.78 is 37.1. The van der Waals surface area contributed by atoms with Crippen molar-refractivity contribution in [3.8, 4) is 16.9 Å². The van der Waals surface area contributed by atoms with Crippen molar-refractivity contribution in [1.82, 2.24) is 4.90 Å². The predicted molar refractivity (Wildman–Crippen MR) is 120 cm³/mol. The number of guanidine groups is 1. The first-order valence-corrected chi connectivity index (χ1v) is 10.5. The number of nitrogens with zero attached hydrogens (tertiary/aromatic N) is 2. The van der Waals surface area contributed by atoms with Gasteiger partial charge < -0.3 is 15.6 Å². The van der Waals surface area contributed by atoms with Crippen LogP contribution >= 0.6 is 0 Å². The van der Waals surface area contributed by atoms with Gasteiger partial charge in [0.05, 0.1) is 19.1 Å². The molecule has 1 fully saturated rings. The number of ether oxygens (including phenoxy) is 1. The Balaban J connectivity index is 0.000000406. The minimum Gasteiger partial charge on any atom is -0.497 e. The molecule has 1 aliphatic heterocycles. The summed E-state index contributed by atoms with van der Waals surface area (Å²) in [5.41, 5.74) is 9.15. The highest BCUT2D eigenvalue weighted by molar-refractivity contribution is 5.98. The van der Waals surface area contributed by atoms with Gasteiger partial charge in [-0.25, -0.2) is 9.79 Å². The van der Waals surface area contributed by atoms with Gasteiger partial charge in [-0.05, 0) is 54.0 Å². The van der Waals surface area contributed by atoms with Gasteiger partial charge in [-0.15, -0.1) is 0 Å². The number of alkyl halides is 3. The molecular weight excluding hydrogens is 451 g/mol. The largest absolute Gasteiger partial charge is 0.497 e. The molecule has 34 heavy (non-hydrogen) atoms. The van der Waals surface area contributed by atoms with Crippen LogP contribution in [0.3, 0.4) is 0 Å². The summed E-state index contributed by atoms with van der Waals surface area (Å²) in [6.45, 7) is 2.06. The van der Waals surface area contributed by atoms with Crippen molar-refractivity contribution in [2.24, 2.45) is 16.6 Å². The average Bonchev–Trinajstić information content (AvgIpc) is 3.59. The van der Waals surface area contributed by atoms with Gasteiger partial charge in [0.25, 0.3) is 0 Å². The van der Waals surface area contributed by atoms with E-state index in [2.05, 4.69) is 42.2 Å². The number of rotatable bonds is 4. The van der Waals surface area contributed by atoms with Crippen LogP contribution in [-0.2, 0) is 9.59 Å². The van der Waals surface area contributed by atoms with Crippen LogP contribution in [0.25, 0.3) is 11.1 Å². The molecule has 1 aliphatic carbocycles. The summed E-state index contributed by atoms with van der Waals surface area (Å²) >= 11 is 0. The zero-order valence-corrected chi connectivity index (χ0v) is 19.0. The van der Waals surface area contributed by atoms with Gasteiger partial charge >= 0.3 is 12.1 Å². The van der Waals surface area contributed by atoms with Gasteiger partial charge in [0.15, 0.2) is 5.96 Å². The Labute approximate surface area is 195 Å². The standard InChI is InChI=1S/C22H25N3O2.C2HF3O2/c1-22(13-20(26)25(2)21(23)24-22)19-12-18(19)16-8-4-6-14(10-16)15-7-5-9-17(11-15)27-3;3-2(4,5)1(6)7/h4-11,18-19H,12-13H2,1-3H3,(H2,23,24);(H,6,7)/t18?,19?,22-;/m0./s1. The van der Waals surface area contributed by atoms with E-state index in [4.69, 9.17) is 20.4 Å². The van der Waals surface area contributed by atoms with E-state index in [9.17, 15) is 18.0 Å². The first-order valence-electron chi connectivity index (χ1n) is 10.5. The first-order chi connectivity index (χ1) is 15.9. The van der Waals surface area contributed by atoms with Crippen molar-refractivity contribution in [1.29, 1.82) is 0 Å². The van der Waals surface area contributed by atoms with Crippen molar-refractivity contribution in [3.63, 3.8) is 0 Å². The topological polar surface area (TPSA) is 105 Å². The molecule has 7 nitrogen and oxygen atoms in total. The van der Waals surface area contributed by atoms with Crippen molar-refractivity contribution >= 4 is 17.8 Å². The maximum absolute atomic E-state index is 12.2. The summed E-state index contributed by atoms with van der Waals surface area (Å²) in [5, 5.41) is 7.12. The average molecular weight is 477 g/mol. The molecule has 182 valence electrons. The number of halogens is 3. The fourth-order valence-corrected chi connectivity index (χ4v) is 4.14. The third kappa shape index (κ3) is 5.49. The second-order valence-corrected chi connectivity index (χ2v) is 8.57. The number of carboxylic acids is 1. The lowest BCUT2D eigenvalue weighted by Crippen LogP contribution is -2.49. The molecule has 3 N–H and O–H groups in total. The molecule has 0 bridgehead atoms. The Bertz CT molecular complexity index is 1120. The fourth-order valence-electron chi connectivity index (χ4n) is 4.14. The number of hydrogen-bond donors (Lipinski definition) is 2. The van der Waals surface area contributed by atoms with Gasteiger partial charge in [-0.3, -0.25) is 9.69 Å². The number of aliphatic carboxylic acids is 1. The van der Waals surface area contributed by atoms with Crippen LogP contribution in [0.5, 0.6) is 5.75 Å². The molecule has 0 spiro atoms. The second kappa shape index (κ2) is 9.36. The molecule has 1 amide bonds. The number of methoxy groups -OCH3 is 1. The molecule has 3 atom stereocenters. The van der Waals surface area contributed by atoms with E-state index < -0.39 is 17.7 Å². The molecule has 0 saturated heterocycles. The molecule has 10 heteroatoms. The molecule has 2 aromatic carbocycles. The number of carbonyl (C=O) groups excluding carboxylic acids is 1. The number of carboxylic acid groups (broad SMARTS) is 1. The first kappa shape index (κ1) is 25.1. The van der Waals surface area contributed by atoms with Crippen molar-refractivity contribution < 1.29 is 32.6 Å². The molecule has 1 heterocycles. The van der Waals surface area contributed by atoms with Gasteiger partial charge in [0.1, 0.15) is 5.75 Å². The molecular formula is C24H26F3N3O4. The minimum absolute atomic E-state index is 0.0424. The van der Waals surface area contributed by atoms with Crippen molar-refractivity contribution in [3.05, 3.63) is 54.1 Å². The molecule has 0 aromatic heterocycles. The zero-order valence-electron chi connectivity index (χ0n) is 19.0. The smallest absolute Gasteiger partial charge is 0.490 e. The van der Waals surface area contributed by atoms with Crippen molar-refractivity contribution in [2.45, 2.75) is 37.4 Å². The van der Waals surface area contributed by atoms with E-state index in [0.29, 0.717) is 24.2 Å². The number of aliphatic imine (C=N–C) groups is 1. The Morgan fingerprint density at radius 2 is 1.79 bits per heavy atom. The minimum atomic E-state index is -5.08. The van der Waals surface area contributed by atoms with Crippen LogP contribution in [0.1, 0.15) is 31.2 Å². The van der Waals surface area contributed by atoms with Gasteiger partial charge in [-0.1, -0.05) is 36.4 Å². The summed E-state index contributed by atoms with van der Waals surface area (Å²) in [7, 11) is 3.36. The summed E-state index contributed by atoms with van der Waals surface area (Å²) in [6.07, 6.45) is -3.63. The monoisotopic (exact) mass is 477 g/mol. The number of benzene rings is 2. The van der Waals surface area contributed by atoms with E-state index in [-0.39, 0.29) is 5.91 Å². The third-order valence-corrected chi connectivity index (χ3v) is 6.15. The third-order valence-electron chi connectivity index (χ3n) is 6.15. The Morgan fingerprint density at radius 1 is 1.21 bits per heavy atom. The van der Waals surface area contributed by atoms with Crippen LogP contribution in [0.4, 0.5) is 13.2 Å². The maximum Gasteiger partial charge on any atom is 0.490 e. The van der Waals surface area contributed by atoms with Crippen LogP contribution in [0.15, 0.2) is 53.5 Å². The quantitative estimate of drug-likeness (QED) is 0.692. The molecule has 1 saturated carbocycles. The van der Waals surface area contributed by atoms with Crippen molar-refractivity contribution in [2.75, 3.05) is 14.2 Å². The molecule has 4 rings (SSSR count). The number of nitrogens with two attached hydrogens (primary N) is 1. The summed E-state index contributed by atoms with van der Waals surface area (Å²) in [4.78, 5) is 27.3. The van der Waals surface area contributed by atoms with E-state index in [1.54, 1.807) is 14.2 Å². The van der Waals surface area contributed by atoms with E-state index >= 15 is 0 Å². The van der Waals surface area contributed by atoms with Gasteiger partial charge in [0, 0.05) is 7.05 Å².